The summed E-state index contributed by atoms with van der Waals surface area (Å²) in [4.78, 5) is 27.9. The Bertz CT molecular complexity index is 426. The van der Waals surface area contributed by atoms with Crippen LogP contribution in [0.5, 0.6) is 0 Å². The number of carbonyl (C=O) groups is 2. The molecule has 6 heteroatoms. The molecule has 5 nitrogen and oxygen atoms in total. The maximum Gasteiger partial charge on any atom is 0.333 e. The van der Waals surface area contributed by atoms with Crippen molar-refractivity contribution >= 4 is 23.6 Å². The van der Waals surface area contributed by atoms with Gasteiger partial charge in [0.2, 0.25) is 0 Å². The second-order valence-electron chi connectivity index (χ2n) is 3.63. The quantitative estimate of drug-likeness (QED) is 0.382. The summed E-state index contributed by atoms with van der Waals surface area (Å²) in [6, 6.07) is -1.30. The van der Waals surface area contributed by atoms with Gasteiger partial charge in [-0.25, -0.2) is 11.4 Å². The highest BCUT2D eigenvalue weighted by atomic mass is 32.2. The number of esters is 1. The maximum atomic E-state index is 11.7. The minimum absolute atomic E-state index is 0.238. The van der Waals surface area contributed by atoms with Gasteiger partial charge in [-0.3, -0.25) is 14.5 Å². The summed E-state index contributed by atoms with van der Waals surface area (Å²) >= 11 is 1.41. The molecule has 2 aliphatic rings. The molecule has 0 aromatic carbocycles. The summed E-state index contributed by atoms with van der Waals surface area (Å²) in [6.07, 6.45) is 0. The number of hydrogen-bond donors (Lipinski definition) is 0. The zero-order valence-corrected chi connectivity index (χ0v) is 9.65. The number of fused-ring (bicyclic) bond motifs is 1. The van der Waals surface area contributed by atoms with Crippen molar-refractivity contribution in [1.29, 1.82) is 0 Å². The third-order valence-electron chi connectivity index (χ3n) is 2.72. The van der Waals surface area contributed by atoms with Crippen LogP contribution in [0, 0.1) is 6.57 Å². The second kappa shape index (κ2) is 3.83. The molecule has 1 saturated heterocycles. The normalized spacial score (nSPS) is 32.1. The number of ether oxygens (including phenoxy) is 1. The lowest BCUT2D eigenvalue weighted by molar-refractivity contribution is -0.158. The number of nitrogens with zero attached hydrogens (tertiary/aromatic N) is 2. The molecule has 0 spiro atoms. The Morgan fingerprint density at radius 3 is 2.94 bits per heavy atom. The molecule has 0 aromatic heterocycles. The van der Waals surface area contributed by atoms with Crippen molar-refractivity contribution in [2.45, 2.75) is 24.4 Å². The lowest BCUT2D eigenvalue weighted by atomic mass is 9.99. The Kier molecular flexibility index (Phi) is 2.64. The van der Waals surface area contributed by atoms with E-state index in [4.69, 9.17) is 6.57 Å². The van der Waals surface area contributed by atoms with Crippen LogP contribution in [-0.4, -0.2) is 41.3 Å². The molecule has 0 aliphatic carbocycles. The van der Waals surface area contributed by atoms with Gasteiger partial charge in [-0.15, -0.1) is 11.8 Å². The summed E-state index contributed by atoms with van der Waals surface area (Å²) in [5.74, 6) is -0.730. The van der Waals surface area contributed by atoms with Gasteiger partial charge in [0.1, 0.15) is 0 Å². The molecule has 2 heterocycles. The molecule has 3 atom stereocenters. The first kappa shape index (κ1) is 11.0. The average Bonchev–Trinajstić information content (AvgIpc) is 2.29. The van der Waals surface area contributed by atoms with Gasteiger partial charge in [0.15, 0.2) is 11.4 Å². The van der Waals surface area contributed by atoms with E-state index in [1.165, 1.54) is 23.8 Å². The molecule has 0 N–H and O–H groups in total. The summed E-state index contributed by atoms with van der Waals surface area (Å²) in [7, 11) is 1.29. The lowest BCUT2D eigenvalue weighted by Crippen LogP contribution is -2.68. The fourth-order valence-electron chi connectivity index (χ4n) is 1.88. The van der Waals surface area contributed by atoms with Gasteiger partial charge in [-0.2, -0.15) is 0 Å². The van der Waals surface area contributed by atoms with Crippen molar-refractivity contribution in [3.8, 4) is 0 Å². The monoisotopic (exact) mass is 238 g/mol. The molecule has 1 unspecified atom stereocenters. The van der Waals surface area contributed by atoms with E-state index < -0.39 is 18.1 Å². The first-order valence-electron chi connectivity index (χ1n) is 4.70. The van der Waals surface area contributed by atoms with Gasteiger partial charge in [0.05, 0.1) is 7.11 Å². The van der Waals surface area contributed by atoms with Gasteiger partial charge in [0.25, 0.3) is 0 Å². The van der Waals surface area contributed by atoms with E-state index in [0.29, 0.717) is 0 Å². The number of β-lactam (4-membered cyclic amide) rings is 1. The Morgan fingerprint density at radius 2 is 2.38 bits per heavy atom. The molecule has 2 aliphatic heterocycles. The minimum atomic E-state index is -0.651. The molecule has 84 valence electrons. The molecule has 1 fully saturated rings. The number of hydrogen-bond acceptors (Lipinski definition) is 4. The molecule has 2 rings (SSSR count). The van der Waals surface area contributed by atoms with E-state index in [1.54, 1.807) is 6.92 Å². The molecule has 0 bridgehead atoms. The van der Waals surface area contributed by atoms with Crippen molar-refractivity contribution in [2.24, 2.45) is 0 Å². The minimum Gasteiger partial charge on any atom is -0.467 e. The van der Waals surface area contributed by atoms with E-state index in [1.807, 2.05) is 5.41 Å². The molecular weight excluding hydrogens is 228 g/mol. The first-order chi connectivity index (χ1) is 7.61. The highest BCUT2D eigenvalue weighted by Crippen LogP contribution is 2.41. The Morgan fingerprint density at radius 1 is 1.69 bits per heavy atom. The van der Waals surface area contributed by atoms with Gasteiger partial charge < -0.3 is 4.74 Å². The van der Waals surface area contributed by atoms with Crippen molar-refractivity contribution < 1.29 is 14.3 Å². The van der Waals surface area contributed by atoms with Crippen LogP contribution in [0.2, 0.25) is 0 Å². The highest BCUT2D eigenvalue weighted by Gasteiger charge is 2.59. The second-order valence-corrected chi connectivity index (χ2v) is 4.62. The average molecular weight is 238 g/mol. The van der Waals surface area contributed by atoms with Crippen molar-refractivity contribution in [2.75, 3.05) is 7.11 Å². The summed E-state index contributed by atoms with van der Waals surface area (Å²) in [6.45, 7) is 8.69. The Balaban J connectivity index is 2.30. The Hall–Kier alpha value is -1.48. The molecule has 0 aromatic rings. The van der Waals surface area contributed by atoms with E-state index in [9.17, 15) is 9.59 Å². The van der Waals surface area contributed by atoms with Crippen LogP contribution in [0.15, 0.2) is 11.0 Å². The largest absolute Gasteiger partial charge is 0.467 e. The van der Waals surface area contributed by atoms with Crippen LogP contribution in [0.4, 0.5) is 0 Å². The predicted octanol–water partition coefficient (Wildman–Crippen LogP) is 0.635. The number of rotatable bonds is 1. The molecular formula is C10H10N2O3S. The SMILES string of the molecule is [C-]#[N+][C@@H]1C(=O)N2C(C(=O)OC)C(C)=CS[C@H]12. The zero-order valence-electron chi connectivity index (χ0n) is 8.84. The standard InChI is InChI=1S/C10H10N2O3S/c1-5-4-16-9-6(11-2)8(13)12(9)7(5)10(14)15-3/h4,6-7,9H,1,3H3/t6-,7?,9-/m1/s1. The van der Waals surface area contributed by atoms with E-state index >= 15 is 0 Å². The van der Waals surface area contributed by atoms with Crippen molar-refractivity contribution in [3.63, 3.8) is 0 Å². The summed E-state index contributed by atoms with van der Waals surface area (Å²) in [5, 5.41) is 1.59. The smallest absolute Gasteiger partial charge is 0.333 e. The van der Waals surface area contributed by atoms with Crippen LogP contribution >= 0.6 is 11.8 Å². The topological polar surface area (TPSA) is 51.0 Å². The van der Waals surface area contributed by atoms with Gasteiger partial charge in [-0.1, -0.05) is 0 Å². The number of thioether (sulfide) groups is 1. The van der Waals surface area contributed by atoms with E-state index in [0.717, 1.165) is 5.57 Å². The summed E-state index contributed by atoms with van der Waals surface area (Å²) < 4.78 is 4.67. The van der Waals surface area contributed by atoms with Crippen LogP contribution in [0.25, 0.3) is 4.85 Å². The molecule has 1 amide bonds. The third kappa shape index (κ3) is 1.32. The fraction of sp³-hybridized carbons (Fsp3) is 0.500. The van der Waals surface area contributed by atoms with Crippen LogP contribution < -0.4 is 0 Å². The number of methoxy groups -OCH3 is 1. The van der Waals surface area contributed by atoms with Gasteiger partial charge in [-0.05, 0) is 17.9 Å². The predicted molar refractivity (Wildman–Crippen MR) is 58.2 cm³/mol. The fourth-order valence-corrected chi connectivity index (χ4v) is 3.04. The van der Waals surface area contributed by atoms with Crippen LogP contribution in [0.3, 0.4) is 0 Å². The molecule has 0 saturated carbocycles. The van der Waals surface area contributed by atoms with E-state index in [2.05, 4.69) is 9.58 Å². The van der Waals surface area contributed by atoms with Crippen LogP contribution in [-0.2, 0) is 14.3 Å². The van der Waals surface area contributed by atoms with Gasteiger partial charge >= 0.3 is 17.9 Å². The maximum absolute atomic E-state index is 11.7. The van der Waals surface area contributed by atoms with Gasteiger partial charge in [0, 0.05) is 0 Å². The highest BCUT2D eigenvalue weighted by molar-refractivity contribution is 8.03. The number of carbonyl (C=O) groups excluding carboxylic acids is 2. The third-order valence-corrected chi connectivity index (χ3v) is 3.99. The Labute approximate surface area is 97.2 Å². The molecule has 16 heavy (non-hydrogen) atoms. The van der Waals surface area contributed by atoms with Crippen LogP contribution in [0.1, 0.15) is 6.92 Å². The lowest BCUT2D eigenvalue weighted by Gasteiger charge is -2.45. The van der Waals surface area contributed by atoms with Crippen molar-refractivity contribution in [1.82, 2.24) is 4.90 Å². The molecule has 0 radical (unpaired) electrons. The first-order valence-corrected chi connectivity index (χ1v) is 5.64. The van der Waals surface area contributed by atoms with Crippen molar-refractivity contribution in [3.05, 3.63) is 22.4 Å². The summed E-state index contributed by atoms with van der Waals surface area (Å²) in [5.41, 5.74) is 0.782. The zero-order chi connectivity index (χ0) is 11.9. The van der Waals surface area contributed by atoms with E-state index in [-0.39, 0.29) is 11.3 Å². The number of amides is 1.